The smallest absolute Gasteiger partial charge is 0.243 e. The number of anilines is 1. The second-order valence-electron chi connectivity index (χ2n) is 6.09. The first kappa shape index (κ1) is 17.9. The van der Waals surface area contributed by atoms with Crippen molar-refractivity contribution in [3.05, 3.63) is 59.1 Å². The van der Waals surface area contributed by atoms with Gasteiger partial charge < -0.3 is 5.32 Å². The van der Waals surface area contributed by atoms with Gasteiger partial charge >= 0.3 is 0 Å². The van der Waals surface area contributed by atoms with Crippen molar-refractivity contribution < 1.29 is 13.2 Å². The van der Waals surface area contributed by atoms with Gasteiger partial charge in [-0.3, -0.25) is 4.79 Å². The molecule has 0 saturated carbocycles. The molecule has 0 aliphatic carbocycles. The van der Waals surface area contributed by atoms with Gasteiger partial charge in [-0.05, 0) is 61.7 Å². The lowest BCUT2D eigenvalue weighted by Gasteiger charge is -2.23. The molecule has 132 valence electrons. The largest absolute Gasteiger partial charge is 0.325 e. The van der Waals surface area contributed by atoms with E-state index in [1.807, 2.05) is 13.0 Å². The summed E-state index contributed by atoms with van der Waals surface area (Å²) in [6.07, 6.45) is 1.16. The molecule has 25 heavy (non-hydrogen) atoms. The van der Waals surface area contributed by atoms with Crippen LogP contribution < -0.4 is 5.32 Å². The quantitative estimate of drug-likeness (QED) is 0.886. The molecule has 0 bridgehead atoms. The van der Waals surface area contributed by atoms with E-state index in [4.69, 9.17) is 11.6 Å². The minimum Gasteiger partial charge on any atom is -0.325 e. The van der Waals surface area contributed by atoms with E-state index in [2.05, 4.69) is 5.32 Å². The van der Waals surface area contributed by atoms with E-state index in [0.29, 0.717) is 30.1 Å². The Morgan fingerprint density at radius 1 is 1.20 bits per heavy atom. The molecule has 1 aliphatic rings. The molecule has 0 radical (unpaired) electrons. The first-order valence-corrected chi connectivity index (χ1v) is 9.85. The molecule has 2 aromatic carbocycles. The first-order chi connectivity index (χ1) is 11.9. The molecule has 1 atom stereocenters. The summed E-state index contributed by atoms with van der Waals surface area (Å²) < 4.78 is 27.2. The summed E-state index contributed by atoms with van der Waals surface area (Å²) in [5.74, 6) is -0.323. The van der Waals surface area contributed by atoms with Crippen LogP contribution >= 0.6 is 11.6 Å². The van der Waals surface area contributed by atoms with Crippen molar-refractivity contribution in [3.63, 3.8) is 0 Å². The van der Waals surface area contributed by atoms with Crippen molar-refractivity contribution >= 4 is 33.2 Å². The van der Waals surface area contributed by atoms with Crippen molar-refractivity contribution in [2.24, 2.45) is 0 Å². The summed E-state index contributed by atoms with van der Waals surface area (Å²) in [6, 6.07) is 12.8. The van der Waals surface area contributed by atoms with E-state index in [-0.39, 0.29) is 10.8 Å². The Kier molecular flexibility index (Phi) is 5.13. The van der Waals surface area contributed by atoms with Crippen LogP contribution in [0.3, 0.4) is 0 Å². The van der Waals surface area contributed by atoms with Crippen molar-refractivity contribution in [3.8, 4) is 0 Å². The predicted molar refractivity (Wildman–Crippen MR) is 98.2 cm³/mol. The van der Waals surface area contributed by atoms with Crippen molar-refractivity contribution in [1.82, 2.24) is 4.31 Å². The third-order valence-corrected chi connectivity index (χ3v) is 6.37. The van der Waals surface area contributed by atoms with Crippen LogP contribution in [0.15, 0.2) is 53.4 Å². The van der Waals surface area contributed by atoms with Crippen molar-refractivity contribution in [2.45, 2.75) is 30.7 Å². The molecule has 1 amide bonds. The standard InChI is InChI=1S/C18H19ClN2O3S/c1-13-4-2-5-16(12-13)25(23,24)21-11-3-6-17(21)18(22)20-15-9-7-14(19)8-10-15/h2,4-5,7-10,12,17H,3,6,11H2,1H3,(H,20,22)/t17-/m1/s1. The van der Waals surface area contributed by atoms with E-state index >= 15 is 0 Å². The van der Waals surface area contributed by atoms with Gasteiger partial charge in [0.15, 0.2) is 0 Å². The van der Waals surface area contributed by atoms with Gasteiger partial charge in [0.25, 0.3) is 0 Å². The predicted octanol–water partition coefficient (Wildman–Crippen LogP) is 3.44. The Morgan fingerprint density at radius 2 is 1.92 bits per heavy atom. The van der Waals surface area contributed by atoms with Crippen LogP contribution in [0.25, 0.3) is 0 Å². The Hall–Kier alpha value is -1.89. The second-order valence-corrected chi connectivity index (χ2v) is 8.41. The number of benzene rings is 2. The fourth-order valence-corrected chi connectivity index (χ4v) is 4.85. The highest BCUT2D eigenvalue weighted by atomic mass is 35.5. The van der Waals surface area contributed by atoms with Gasteiger partial charge in [0.2, 0.25) is 15.9 Å². The lowest BCUT2D eigenvalue weighted by atomic mass is 10.2. The number of sulfonamides is 1. The normalized spacial score (nSPS) is 18.2. The number of amides is 1. The van der Waals surface area contributed by atoms with Crippen LogP contribution in [0.2, 0.25) is 5.02 Å². The zero-order chi connectivity index (χ0) is 18.0. The number of halogens is 1. The molecule has 1 aliphatic heterocycles. The number of rotatable bonds is 4. The van der Waals surface area contributed by atoms with Gasteiger partial charge in [-0.25, -0.2) is 8.42 Å². The SMILES string of the molecule is Cc1cccc(S(=O)(=O)N2CCC[C@@H]2C(=O)Nc2ccc(Cl)cc2)c1. The molecule has 2 aromatic rings. The van der Waals surface area contributed by atoms with Gasteiger partial charge in [-0.15, -0.1) is 0 Å². The number of aryl methyl sites for hydroxylation is 1. The number of nitrogens with one attached hydrogen (secondary N) is 1. The average molecular weight is 379 g/mol. The summed E-state index contributed by atoms with van der Waals surface area (Å²) in [5, 5.41) is 3.34. The molecular formula is C18H19ClN2O3S. The van der Waals surface area contributed by atoms with Crippen molar-refractivity contribution in [1.29, 1.82) is 0 Å². The highest BCUT2D eigenvalue weighted by Gasteiger charge is 2.39. The Bertz CT molecular complexity index is 881. The molecule has 1 N–H and O–H groups in total. The highest BCUT2D eigenvalue weighted by Crippen LogP contribution is 2.27. The minimum absolute atomic E-state index is 0.221. The van der Waals surface area contributed by atoms with Crippen LogP contribution in [-0.4, -0.2) is 31.2 Å². The van der Waals surface area contributed by atoms with E-state index < -0.39 is 16.1 Å². The maximum atomic E-state index is 12.9. The maximum absolute atomic E-state index is 12.9. The summed E-state index contributed by atoms with van der Waals surface area (Å²) >= 11 is 5.84. The van der Waals surface area contributed by atoms with E-state index in [0.717, 1.165) is 5.56 Å². The van der Waals surface area contributed by atoms with Gasteiger partial charge in [0, 0.05) is 17.3 Å². The third kappa shape index (κ3) is 3.86. The van der Waals surface area contributed by atoms with Crippen molar-refractivity contribution in [2.75, 3.05) is 11.9 Å². The molecule has 1 fully saturated rings. The first-order valence-electron chi connectivity index (χ1n) is 8.03. The fourth-order valence-electron chi connectivity index (χ4n) is 2.96. The van der Waals surface area contributed by atoms with Crippen LogP contribution in [0.5, 0.6) is 0 Å². The summed E-state index contributed by atoms with van der Waals surface area (Å²) in [5.41, 5.74) is 1.46. The van der Waals surface area contributed by atoms with Crippen LogP contribution in [0, 0.1) is 6.92 Å². The lowest BCUT2D eigenvalue weighted by Crippen LogP contribution is -2.43. The number of hydrogen-bond acceptors (Lipinski definition) is 3. The summed E-state index contributed by atoms with van der Waals surface area (Å²) in [7, 11) is -3.70. The average Bonchev–Trinajstić information content (AvgIpc) is 3.07. The molecule has 1 saturated heterocycles. The zero-order valence-corrected chi connectivity index (χ0v) is 15.3. The molecule has 5 nitrogen and oxygen atoms in total. The fraction of sp³-hybridized carbons (Fsp3) is 0.278. The summed E-state index contributed by atoms with van der Waals surface area (Å²) in [6.45, 7) is 2.18. The molecular weight excluding hydrogens is 360 g/mol. The molecule has 7 heteroatoms. The van der Waals surface area contributed by atoms with Gasteiger partial charge in [0.05, 0.1) is 4.90 Å². The number of nitrogens with zero attached hydrogens (tertiary/aromatic N) is 1. The molecule has 3 rings (SSSR count). The number of hydrogen-bond donors (Lipinski definition) is 1. The molecule has 0 aromatic heterocycles. The molecule has 0 spiro atoms. The van der Waals surface area contributed by atoms with Gasteiger partial charge in [-0.2, -0.15) is 4.31 Å². The third-order valence-electron chi connectivity index (χ3n) is 4.21. The Morgan fingerprint density at radius 3 is 2.60 bits per heavy atom. The van der Waals surface area contributed by atoms with Crippen LogP contribution in [0.1, 0.15) is 18.4 Å². The van der Waals surface area contributed by atoms with Gasteiger partial charge in [0.1, 0.15) is 6.04 Å². The topological polar surface area (TPSA) is 66.5 Å². The summed E-state index contributed by atoms with van der Waals surface area (Å²) in [4.78, 5) is 12.8. The number of carbonyl (C=O) groups excluding carboxylic acids is 1. The van der Waals surface area contributed by atoms with Gasteiger partial charge in [-0.1, -0.05) is 23.7 Å². The molecule has 0 unspecified atom stereocenters. The zero-order valence-electron chi connectivity index (χ0n) is 13.8. The molecule has 1 heterocycles. The Balaban J connectivity index is 1.82. The monoisotopic (exact) mass is 378 g/mol. The second kappa shape index (κ2) is 7.15. The number of carbonyl (C=O) groups is 1. The lowest BCUT2D eigenvalue weighted by molar-refractivity contribution is -0.119. The van der Waals surface area contributed by atoms with E-state index in [9.17, 15) is 13.2 Å². The van der Waals surface area contributed by atoms with Crippen LogP contribution in [0.4, 0.5) is 5.69 Å². The maximum Gasteiger partial charge on any atom is 0.243 e. The minimum atomic E-state index is -3.70. The highest BCUT2D eigenvalue weighted by molar-refractivity contribution is 7.89. The Labute approximate surface area is 152 Å². The van der Waals surface area contributed by atoms with E-state index in [1.54, 1.807) is 42.5 Å². The van der Waals surface area contributed by atoms with E-state index in [1.165, 1.54) is 4.31 Å². The van der Waals surface area contributed by atoms with Crippen LogP contribution in [-0.2, 0) is 14.8 Å².